The summed E-state index contributed by atoms with van der Waals surface area (Å²) >= 11 is 0. The van der Waals surface area contributed by atoms with E-state index < -0.39 is 12.1 Å². The molecule has 0 aliphatic carbocycles. The van der Waals surface area contributed by atoms with Crippen LogP contribution in [-0.2, 0) is 4.79 Å². The second-order valence-corrected chi connectivity index (χ2v) is 3.63. The summed E-state index contributed by atoms with van der Waals surface area (Å²) in [6.45, 7) is 0.0868. The average molecular weight is 253 g/mol. The van der Waals surface area contributed by atoms with Gasteiger partial charge >= 0.3 is 5.97 Å². The van der Waals surface area contributed by atoms with Crippen molar-refractivity contribution in [3.63, 3.8) is 0 Å². The van der Waals surface area contributed by atoms with E-state index in [0.717, 1.165) is 0 Å². The van der Waals surface area contributed by atoms with Crippen molar-refractivity contribution in [2.45, 2.75) is 12.5 Å². The normalized spacial score (nSPS) is 11.7. The van der Waals surface area contributed by atoms with Crippen molar-refractivity contribution in [2.75, 3.05) is 13.7 Å². The smallest absolute Gasteiger partial charge is 0.332 e. The number of rotatable bonds is 6. The van der Waals surface area contributed by atoms with Crippen molar-refractivity contribution >= 4 is 11.9 Å². The van der Waals surface area contributed by atoms with E-state index in [0.29, 0.717) is 11.3 Å². The second-order valence-electron chi connectivity index (χ2n) is 3.63. The van der Waals surface area contributed by atoms with Gasteiger partial charge < -0.3 is 20.3 Å². The predicted octanol–water partition coefficient (Wildman–Crippen LogP) is 0.261. The Balaban J connectivity index is 2.47. The van der Waals surface area contributed by atoms with E-state index >= 15 is 0 Å². The lowest BCUT2D eigenvalue weighted by Crippen LogP contribution is -2.30. The molecule has 98 valence electrons. The van der Waals surface area contributed by atoms with Crippen molar-refractivity contribution in [2.24, 2.45) is 0 Å². The Bertz CT molecular complexity index is 432. The van der Waals surface area contributed by atoms with Crippen LogP contribution in [0, 0.1) is 0 Å². The molecule has 18 heavy (non-hydrogen) atoms. The lowest BCUT2D eigenvalue weighted by molar-refractivity contribution is -0.146. The zero-order chi connectivity index (χ0) is 13.5. The largest absolute Gasteiger partial charge is 0.497 e. The molecule has 6 heteroatoms. The fourth-order valence-corrected chi connectivity index (χ4v) is 1.31. The van der Waals surface area contributed by atoms with Gasteiger partial charge in [-0.2, -0.15) is 0 Å². The van der Waals surface area contributed by atoms with E-state index in [-0.39, 0.29) is 18.9 Å². The van der Waals surface area contributed by atoms with Gasteiger partial charge in [-0.05, 0) is 18.2 Å². The van der Waals surface area contributed by atoms with Crippen LogP contribution < -0.4 is 10.1 Å². The van der Waals surface area contributed by atoms with Gasteiger partial charge in [-0.15, -0.1) is 0 Å². The van der Waals surface area contributed by atoms with Gasteiger partial charge in [0.05, 0.1) is 7.11 Å². The molecule has 1 unspecified atom stereocenters. The van der Waals surface area contributed by atoms with Crippen molar-refractivity contribution in [1.29, 1.82) is 0 Å². The molecule has 0 bridgehead atoms. The quantitative estimate of drug-likeness (QED) is 0.676. The maximum atomic E-state index is 11.7. The molecule has 0 aliphatic heterocycles. The number of hydrogen-bond acceptors (Lipinski definition) is 4. The van der Waals surface area contributed by atoms with Gasteiger partial charge in [-0.1, -0.05) is 6.07 Å². The first kappa shape index (κ1) is 14.0. The lowest BCUT2D eigenvalue weighted by atomic mass is 10.2. The second kappa shape index (κ2) is 6.61. The van der Waals surface area contributed by atoms with Crippen molar-refractivity contribution in [3.05, 3.63) is 29.8 Å². The molecule has 1 rings (SSSR count). The van der Waals surface area contributed by atoms with Gasteiger partial charge in [0.15, 0.2) is 6.10 Å². The third kappa shape index (κ3) is 4.06. The fourth-order valence-electron chi connectivity index (χ4n) is 1.31. The molecule has 0 aliphatic rings. The number of carbonyl (C=O) groups is 2. The number of aliphatic hydroxyl groups is 1. The van der Waals surface area contributed by atoms with Crippen LogP contribution >= 0.6 is 0 Å². The summed E-state index contributed by atoms with van der Waals surface area (Å²) in [5, 5.41) is 20.0. The third-order valence-corrected chi connectivity index (χ3v) is 2.32. The van der Waals surface area contributed by atoms with Gasteiger partial charge in [0.1, 0.15) is 5.75 Å². The van der Waals surface area contributed by atoms with Gasteiger partial charge in [0.2, 0.25) is 0 Å². The van der Waals surface area contributed by atoms with Gasteiger partial charge in [0, 0.05) is 18.5 Å². The highest BCUT2D eigenvalue weighted by atomic mass is 16.5. The van der Waals surface area contributed by atoms with Crippen molar-refractivity contribution < 1.29 is 24.5 Å². The fraction of sp³-hybridized carbons (Fsp3) is 0.333. The SMILES string of the molecule is COc1cccc(C(=O)NCCC(O)C(=O)O)c1. The Morgan fingerprint density at radius 3 is 2.78 bits per heavy atom. The van der Waals surface area contributed by atoms with Crippen LogP contribution in [0.25, 0.3) is 0 Å². The van der Waals surface area contributed by atoms with Crippen LogP contribution in [0.4, 0.5) is 0 Å². The first-order chi connectivity index (χ1) is 8.54. The van der Waals surface area contributed by atoms with Gasteiger partial charge in [0.25, 0.3) is 5.91 Å². The topological polar surface area (TPSA) is 95.9 Å². The van der Waals surface area contributed by atoms with Crippen LogP contribution in [-0.4, -0.2) is 41.8 Å². The van der Waals surface area contributed by atoms with Crippen LogP contribution in [0.1, 0.15) is 16.8 Å². The Hall–Kier alpha value is -2.08. The minimum absolute atomic E-state index is 0.0367. The summed E-state index contributed by atoms with van der Waals surface area (Å²) in [7, 11) is 1.50. The molecule has 0 saturated heterocycles. The van der Waals surface area contributed by atoms with Crippen LogP contribution in [0.2, 0.25) is 0 Å². The Morgan fingerprint density at radius 2 is 2.17 bits per heavy atom. The number of aliphatic hydroxyl groups excluding tert-OH is 1. The zero-order valence-electron chi connectivity index (χ0n) is 9.92. The summed E-state index contributed by atoms with van der Waals surface area (Å²) < 4.78 is 4.98. The molecule has 3 N–H and O–H groups in total. The maximum absolute atomic E-state index is 11.7. The predicted molar refractivity (Wildman–Crippen MR) is 63.6 cm³/mol. The van der Waals surface area contributed by atoms with E-state index in [1.165, 1.54) is 7.11 Å². The summed E-state index contributed by atoms with van der Waals surface area (Å²) in [5.41, 5.74) is 0.416. The van der Waals surface area contributed by atoms with Crippen molar-refractivity contribution in [3.8, 4) is 5.75 Å². The van der Waals surface area contributed by atoms with E-state index in [1.54, 1.807) is 24.3 Å². The molecule has 0 aromatic heterocycles. The molecule has 1 amide bonds. The maximum Gasteiger partial charge on any atom is 0.332 e. The lowest BCUT2D eigenvalue weighted by Gasteiger charge is -2.08. The first-order valence-electron chi connectivity index (χ1n) is 5.37. The number of aliphatic carboxylic acids is 1. The number of nitrogens with one attached hydrogen (secondary N) is 1. The van der Waals surface area contributed by atoms with Gasteiger partial charge in [-0.3, -0.25) is 4.79 Å². The van der Waals surface area contributed by atoms with E-state index in [4.69, 9.17) is 14.9 Å². The Labute approximate surface area is 104 Å². The highest BCUT2D eigenvalue weighted by molar-refractivity contribution is 5.94. The highest BCUT2D eigenvalue weighted by Crippen LogP contribution is 2.12. The average Bonchev–Trinajstić information content (AvgIpc) is 2.38. The number of amides is 1. The zero-order valence-corrected chi connectivity index (χ0v) is 9.92. The number of carbonyl (C=O) groups excluding carboxylic acids is 1. The molecule has 1 atom stereocenters. The van der Waals surface area contributed by atoms with Crippen molar-refractivity contribution in [1.82, 2.24) is 5.32 Å². The van der Waals surface area contributed by atoms with Gasteiger partial charge in [-0.25, -0.2) is 4.79 Å². The standard InChI is InChI=1S/C12H15NO5/c1-18-9-4-2-3-8(7-9)11(15)13-6-5-10(14)12(16)17/h2-4,7,10,14H,5-6H2,1H3,(H,13,15)(H,16,17). The van der Waals surface area contributed by atoms with E-state index in [2.05, 4.69) is 5.32 Å². The first-order valence-corrected chi connectivity index (χ1v) is 5.37. The number of carboxylic acid groups (broad SMARTS) is 1. The van der Waals surface area contributed by atoms with E-state index in [1.807, 2.05) is 0 Å². The minimum atomic E-state index is -1.46. The molecule has 0 saturated carbocycles. The monoisotopic (exact) mass is 253 g/mol. The molecular weight excluding hydrogens is 238 g/mol. The molecule has 1 aromatic carbocycles. The Morgan fingerprint density at radius 1 is 1.44 bits per heavy atom. The summed E-state index contributed by atoms with van der Waals surface area (Å²) in [5.74, 6) is -1.08. The number of methoxy groups -OCH3 is 1. The molecule has 0 fully saturated rings. The summed E-state index contributed by atoms with van der Waals surface area (Å²) in [6, 6.07) is 6.58. The number of ether oxygens (including phenoxy) is 1. The number of carboxylic acids is 1. The third-order valence-electron chi connectivity index (χ3n) is 2.32. The molecule has 0 spiro atoms. The number of benzene rings is 1. The van der Waals surface area contributed by atoms with E-state index in [9.17, 15) is 9.59 Å². The van der Waals surface area contributed by atoms with Crippen LogP contribution in [0.5, 0.6) is 5.75 Å². The molecule has 1 aromatic rings. The number of hydrogen-bond donors (Lipinski definition) is 3. The molecule has 0 heterocycles. The van der Waals surface area contributed by atoms with Crippen LogP contribution in [0.3, 0.4) is 0 Å². The minimum Gasteiger partial charge on any atom is -0.497 e. The Kier molecular flexibility index (Phi) is 5.13. The molecule has 6 nitrogen and oxygen atoms in total. The summed E-state index contributed by atoms with van der Waals surface area (Å²) in [6.07, 6.45) is -1.50. The van der Waals surface area contributed by atoms with Crippen LogP contribution in [0.15, 0.2) is 24.3 Å². The molecule has 0 radical (unpaired) electrons. The summed E-state index contributed by atoms with van der Waals surface area (Å²) in [4.78, 5) is 22.0. The molecular formula is C12H15NO5. The highest BCUT2D eigenvalue weighted by Gasteiger charge is 2.13.